The molecule has 0 aliphatic rings. The maximum atomic E-state index is 13.3. The molecular formula is C14H17FN2S. The highest BCUT2D eigenvalue weighted by Crippen LogP contribution is 2.25. The number of hydrazine groups is 1. The fourth-order valence-electron chi connectivity index (χ4n) is 2.07. The lowest BCUT2D eigenvalue weighted by molar-refractivity contribution is 0.546. The van der Waals surface area contributed by atoms with Gasteiger partial charge in [0, 0.05) is 0 Å². The molecule has 3 N–H and O–H groups in total. The van der Waals surface area contributed by atoms with Crippen LogP contribution in [-0.2, 0) is 6.42 Å². The minimum Gasteiger partial charge on any atom is -0.271 e. The molecule has 18 heavy (non-hydrogen) atoms. The van der Waals surface area contributed by atoms with Crippen LogP contribution in [0.15, 0.2) is 29.0 Å². The maximum absolute atomic E-state index is 13.3. The second-order valence-corrected chi connectivity index (χ2v) is 5.25. The first kappa shape index (κ1) is 13.2. The molecule has 0 spiro atoms. The van der Waals surface area contributed by atoms with E-state index < -0.39 is 0 Å². The molecule has 1 heterocycles. The Morgan fingerprint density at radius 1 is 1.28 bits per heavy atom. The van der Waals surface area contributed by atoms with Crippen molar-refractivity contribution in [1.29, 1.82) is 0 Å². The van der Waals surface area contributed by atoms with E-state index in [-0.39, 0.29) is 11.9 Å². The highest BCUT2D eigenvalue weighted by molar-refractivity contribution is 7.08. The molecule has 4 heteroatoms. The molecule has 0 bridgehead atoms. The minimum atomic E-state index is -0.201. The Morgan fingerprint density at radius 2 is 2.06 bits per heavy atom. The molecule has 1 unspecified atom stereocenters. The average Bonchev–Trinajstić information content (AvgIpc) is 2.77. The SMILES string of the molecule is Cc1ccc(F)cc1CC(NN)c1cscc1C. The van der Waals surface area contributed by atoms with Crippen LogP contribution >= 0.6 is 11.3 Å². The van der Waals surface area contributed by atoms with Crippen molar-refractivity contribution in [3.05, 3.63) is 57.0 Å². The van der Waals surface area contributed by atoms with E-state index in [1.165, 1.54) is 17.2 Å². The van der Waals surface area contributed by atoms with Crippen molar-refractivity contribution in [2.45, 2.75) is 26.3 Å². The van der Waals surface area contributed by atoms with E-state index in [0.29, 0.717) is 6.42 Å². The van der Waals surface area contributed by atoms with Gasteiger partial charge >= 0.3 is 0 Å². The zero-order chi connectivity index (χ0) is 13.1. The average molecular weight is 264 g/mol. The molecule has 2 rings (SSSR count). The molecule has 0 fully saturated rings. The lowest BCUT2D eigenvalue weighted by atomic mass is 9.96. The standard InChI is InChI=1S/C14H17FN2S/c1-9-3-4-12(15)5-11(9)6-14(17-16)13-8-18-7-10(13)2/h3-5,7-8,14,17H,6,16H2,1-2H3. The number of halogens is 1. The molecular weight excluding hydrogens is 247 g/mol. The summed E-state index contributed by atoms with van der Waals surface area (Å²) in [5.41, 5.74) is 7.31. The smallest absolute Gasteiger partial charge is 0.123 e. The fourth-order valence-corrected chi connectivity index (χ4v) is 2.97. The van der Waals surface area contributed by atoms with E-state index in [2.05, 4.69) is 23.1 Å². The van der Waals surface area contributed by atoms with Gasteiger partial charge in [0.15, 0.2) is 0 Å². The Kier molecular flexibility index (Phi) is 4.11. The van der Waals surface area contributed by atoms with Crippen LogP contribution in [0.2, 0.25) is 0 Å². The minimum absolute atomic E-state index is 0.0248. The summed E-state index contributed by atoms with van der Waals surface area (Å²) in [5, 5.41) is 4.19. The largest absolute Gasteiger partial charge is 0.271 e. The van der Waals surface area contributed by atoms with Gasteiger partial charge in [-0.3, -0.25) is 11.3 Å². The number of hydrogen-bond acceptors (Lipinski definition) is 3. The first-order chi connectivity index (χ1) is 8.61. The summed E-state index contributed by atoms with van der Waals surface area (Å²) in [6.45, 7) is 4.05. The third-order valence-electron chi connectivity index (χ3n) is 3.21. The molecule has 1 aromatic heterocycles. The molecule has 96 valence electrons. The van der Waals surface area contributed by atoms with Crippen molar-refractivity contribution < 1.29 is 4.39 Å². The molecule has 0 saturated heterocycles. The molecule has 0 radical (unpaired) electrons. The van der Waals surface area contributed by atoms with Crippen molar-refractivity contribution in [2.24, 2.45) is 5.84 Å². The Morgan fingerprint density at radius 3 is 2.67 bits per heavy atom. The molecule has 0 aliphatic heterocycles. The van der Waals surface area contributed by atoms with Gasteiger partial charge in [0.1, 0.15) is 5.82 Å². The third kappa shape index (κ3) is 2.77. The third-order valence-corrected chi connectivity index (χ3v) is 4.09. The normalized spacial score (nSPS) is 12.7. The van der Waals surface area contributed by atoms with Gasteiger partial charge in [0.2, 0.25) is 0 Å². The summed E-state index contributed by atoms with van der Waals surface area (Å²) in [7, 11) is 0. The molecule has 0 saturated carbocycles. The van der Waals surface area contributed by atoms with E-state index >= 15 is 0 Å². The van der Waals surface area contributed by atoms with Gasteiger partial charge in [-0.25, -0.2) is 4.39 Å². The van der Waals surface area contributed by atoms with Crippen LogP contribution in [0.1, 0.15) is 28.3 Å². The number of nitrogens with two attached hydrogens (primary N) is 1. The number of rotatable bonds is 4. The van der Waals surface area contributed by atoms with Crippen molar-refractivity contribution in [3.63, 3.8) is 0 Å². The summed E-state index contributed by atoms with van der Waals surface area (Å²) < 4.78 is 13.3. The van der Waals surface area contributed by atoms with Crippen LogP contribution in [-0.4, -0.2) is 0 Å². The number of thiophene rings is 1. The fraction of sp³-hybridized carbons (Fsp3) is 0.286. The molecule has 2 aromatic rings. The van der Waals surface area contributed by atoms with Crippen LogP contribution < -0.4 is 11.3 Å². The highest BCUT2D eigenvalue weighted by Gasteiger charge is 2.15. The maximum Gasteiger partial charge on any atom is 0.123 e. The van der Waals surface area contributed by atoms with Crippen LogP contribution in [0, 0.1) is 19.7 Å². The molecule has 2 nitrogen and oxygen atoms in total. The van der Waals surface area contributed by atoms with Crippen molar-refractivity contribution in [2.75, 3.05) is 0 Å². The van der Waals surface area contributed by atoms with Crippen LogP contribution in [0.5, 0.6) is 0 Å². The van der Waals surface area contributed by atoms with Gasteiger partial charge in [-0.05, 0) is 65.4 Å². The second kappa shape index (κ2) is 5.61. The Labute approximate surface area is 111 Å². The predicted molar refractivity (Wildman–Crippen MR) is 74.0 cm³/mol. The van der Waals surface area contributed by atoms with Crippen LogP contribution in [0.3, 0.4) is 0 Å². The highest BCUT2D eigenvalue weighted by atomic mass is 32.1. The second-order valence-electron chi connectivity index (χ2n) is 4.50. The molecule has 0 aliphatic carbocycles. The number of benzene rings is 1. The Hall–Kier alpha value is -1.23. The zero-order valence-electron chi connectivity index (χ0n) is 10.5. The topological polar surface area (TPSA) is 38.0 Å². The van der Waals surface area contributed by atoms with Crippen molar-refractivity contribution in [1.82, 2.24) is 5.43 Å². The number of nitrogens with one attached hydrogen (secondary N) is 1. The van der Waals surface area contributed by atoms with E-state index in [0.717, 1.165) is 11.1 Å². The molecule has 1 atom stereocenters. The Balaban J connectivity index is 2.26. The van der Waals surface area contributed by atoms with Gasteiger partial charge < -0.3 is 0 Å². The first-order valence-electron chi connectivity index (χ1n) is 5.85. The van der Waals surface area contributed by atoms with Gasteiger partial charge in [-0.15, -0.1) is 0 Å². The Bertz CT molecular complexity index is 536. The van der Waals surface area contributed by atoms with E-state index in [4.69, 9.17) is 5.84 Å². The molecule has 0 amide bonds. The summed E-state index contributed by atoms with van der Waals surface area (Å²) in [6.07, 6.45) is 0.692. The van der Waals surface area contributed by atoms with Crippen LogP contribution in [0.4, 0.5) is 4.39 Å². The van der Waals surface area contributed by atoms with Crippen molar-refractivity contribution in [3.8, 4) is 0 Å². The summed E-state index contributed by atoms with van der Waals surface area (Å²) >= 11 is 1.66. The van der Waals surface area contributed by atoms with Crippen LogP contribution in [0.25, 0.3) is 0 Å². The lowest BCUT2D eigenvalue weighted by Gasteiger charge is -2.17. The summed E-state index contributed by atoms with van der Waals surface area (Å²) in [4.78, 5) is 0. The van der Waals surface area contributed by atoms with Gasteiger partial charge in [0.25, 0.3) is 0 Å². The monoisotopic (exact) mass is 264 g/mol. The molecule has 1 aromatic carbocycles. The summed E-state index contributed by atoms with van der Waals surface area (Å²) in [6, 6.07) is 4.90. The first-order valence-corrected chi connectivity index (χ1v) is 6.80. The van der Waals surface area contributed by atoms with Crippen molar-refractivity contribution >= 4 is 11.3 Å². The lowest BCUT2D eigenvalue weighted by Crippen LogP contribution is -2.30. The van der Waals surface area contributed by atoms with Gasteiger partial charge in [-0.1, -0.05) is 6.07 Å². The van der Waals surface area contributed by atoms with E-state index in [1.807, 2.05) is 6.92 Å². The predicted octanol–water partition coefficient (Wildman–Crippen LogP) is 3.25. The zero-order valence-corrected chi connectivity index (χ0v) is 11.4. The van der Waals surface area contributed by atoms with E-state index in [1.54, 1.807) is 23.5 Å². The van der Waals surface area contributed by atoms with Gasteiger partial charge in [-0.2, -0.15) is 11.3 Å². The van der Waals surface area contributed by atoms with Gasteiger partial charge in [0.05, 0.1) is 6.04 Å². The quantitative estimate of drug-likeness (QED) is 0.657. The number of aryl methyl sites for hydroxylation is 2. The number of hydrogen-bond donors (Lipinski definition) is 2. The summed E-state index contributed by atoms with van der Waals surface area (Å²) in [5.74, 6) is 5.43. The van der Waals surface area contributed by atoms with E-state index in [9.17, 15) is 4.39 Å².